The molecule has 1 fully saturated rings. The number of anilines is 2. The van der Waals surface area contributed by atoms with Crippen molar-refractivity contribution in [3.8, 4) is 0 Å². The molecule has 0 aromatic heterocycles. The Labute approximate surface area is 143 Å². The molecule has 0 aliphatic carbocycles. The zero-order chi connectivity index (χ0) is 16.7. The van der Waals surface area contributed by atoms with Gasteiger partial charge in [-0.15, -0.1) is 0 Å². The first-order valence-electron chi connectivity index (χ1n) is 8.48. The fourth-order valence-corrected chi connectivity index (χ4v) is 3.96. The van der Waals surface area contributed by atoms with Crippen LogP contribution in [0.4, 0.5) is 11.4 Å². The Morgan fingerprint density at radius 1 is 1.12 bits per heavy atom. The van der Waals surface area contributed by atoms with Gasteiger partial charge in [-0.3, -0.25) is 9.69 Å². The number of rotatable bonds is 3. The Morgan fingerprint density at radius 3 is 2.62 bits per heavy atom. The van der Waals surface area contributed by atoms with E-state index in [-0.39, 0.29) is 11.3 Å². The van der Waals surface area contributed by atoms with Crippen LogP contribution < -0.4 is 10.2 Å². The molecule has 1 saturated heterocycles. The fourth-order valence-electron chi connectivity index (χ4n) is 3.96. The van der Waals surface area contributed by atoms with Gasteiger partial charge in [-0.1, -0.05) is 30.3 Å². The average molecular weight is 321 g/mol. The van der Waals surface area contributed by atoms with Gasteiger partial charge in [0.15, 0.2) is 0 Å². The molecule has 1 N–H and O–H groups in total. The van der Waals surface area contributed by atoms with Gasteiger partial charge in [0, 0.05) is 38.6 Å². The van der Waals surface area contributed by atoms with Crippen LogP contribution in [0.15, 0.2) is 48.5 Å². The van der Waals surface area contributed by atoms with E-state index in [9.17, 15) is 4.79 Å². The van der Waals surface area contributed by atoms with Crippen LogP contribution in [0.5, 0.6) is 0 Å². The predicted octanol–water partition coefficient (Wildman–Crippen LogP) is 2.85. The quantitative estimate of drug-likeness (QED) is 0.944. The highest BCUT2D eigenvalue weighted by molar-refractivity contribution is 6.06. The molecule has 2 heterocycles. The van der Waals surface area contributed by atoms with Crippen LogP contribution in [0.1, 0.15) is 17.5 Å². The maximum absolute atomic E-state index is 12.6. The molecule has 0 saturated carbocycles. The van der Waals surface area contributed by atoms with Gasteiger partial charge in [0.25, 0.3) is 0 Å². The molecular formula is C20H23N3O. The zero-order valence-corrected chi connectivity index (χ0v) is 14.2. The van der Waals surface area contributed by atoms with Gasteiger partial charge >= 0.3 is 0 Å². The first-order valence-corrected chi connectivity index (χ1v) is 8.48. The third-order valence-corrected chi connectivity index (χ3v) is 5.33. The Balaban J connectivity index is 1.52. The number of fused-ring (bicyclic) bond motifs is 2. The summed E-state index contributed by atoms with van der Waals surface area (Å²) in [5.74, 6) is 0.161. The summed E-state index contributed by atoms with van der Waals surface area (Å²) < 4.78 is 0. The maximum Gasteiger partial charge on any atom is 0.236 e. The van der Waals surface area contributed by atoms with Gasteiger partial charge in [-0.05, 0) is 42.3 Å². The molecule has 1 amide bonds. The number of carbonyl (C=O) groups excluding carboxylic acids is 1. The molecule has 4 nitrogen and oxygen atoms in total. The van der Waals surface area contributed by atoms with E-state index < -0.39 is 0 Å². The van der Waals surface area contributed by atoms with Crippen LogP contribution in [0.25, 0.3) is 0 Å². The third kappa shape index (κ3) is 2.38. The lowest BCUT2D eigenvalue weighted by Gasteiger charge is -2.23. The minimum atomic E-state index is -0.361. The largest absolute Gasteiger partial charge is 0.378 e. The van der Waals surface area contributed by atoms with Crippen molar-refractivity contribution < 1.29 is 4.79 Å². The van der Waals surface area contributed by atoms with Crippen molar-refractivity contribution in [3.63, 3.8) is 0 Å². The number of benzene rings is 2. The van der Waals surface area contributed by atoms with Gasteiger partial charge in [-0.25, -0.2) is 0 Å². The molecule has 4 rings (SSSR count). The van der Waals surface area contributed by atoms with E-state index in [1.807, 2.05) is 18.2 Å². The lowest BCUT2D eigenvalue weighted by atomic mass is 9.81. The monoisotopic (exact) mass is 321 g/mol. The summed E-state index contributed by atoms with van der Waals surface area (Å²) in [6.07, 6.45) is 0.894. The van der Waals surface area contributed by atoms with E-state index in [1.165, 1.54) is 16.8 Å². The summed E-state index contributed by atoms with van der Waals surface area (Å²) >= 11 is 0. The second-order valence-electron chi connectivity index (χ2n) is 7.10. The van der Waals surface area contributed by atoms with Crippen LogP contribution in [0, 0.1) is 0 Å². The molecule has 24 heavy (non-hydrogen) atoms. The second kappa shape index (κ2) is 5.64. The lowest BCUT2D eigenvalue weighted by molar-refractivity contribution is -0.120. The highest BCUT2D eigenvalue weighted by atomic mass is 16.2. The van der Waals surface area contributed by atoms with E-state index in [0.717, 1.165) is 31.7 Å². The van der Waals surface area contributed by atoms with Crippen LogP contribution >= 0.6 is 0 Å². The SMILES string of the molecule is CN(C)c1ccc(CN2CCC3(C2)C(=O)Nc2ccccc23)cc1. The Hall–Kier alpha value is -2.33. The minimum Gasteiger partial charge on any atom is -0.378 e. The fraction of sp³-hybridized carbons (Fsp3) is 0.350. The Bertz CT molecular complexity index is 769. The van der Waals surface area contributed by atoms with Gasteiger partial charge in [0.05, 0.1) is 5.41 Å². The predicted molar refractivity (Wildman–Crippen MR) is 97.4 cm³/mol. The number of carbonyl (C=O) groups is 1. The minimum absolute atomic E-state index is 0.161. The van der Waals surface area contributed by atoms with Gasteiger partial charge < -0.3 is 10.2 Å². The Morgan fingerprint density at radius 2 is 1.88 bits per heavy atom. The number of nitrogens with one attached hydrogen (secondary N) is 1. The molecule has 124 valence electrons. The smallest absolute Gasteiger partial charge is 0.236 e. The number of hydrogen-bond acceptors (Lipinski definition) is 3. The van der Waals surface area contributed by atoms with Gasteiger partial charge in [-0.2, -0.15) is 0 Å². The number of para-hydroxylation sites is 1. The van der Waals surface area contributed by atoms with Crippen LogP contribution in [0.3, 0.4) is 0 Å². The maximum atomic E-state index is 12.6. The van der Waals surface area contributed by atoms with Crippen molar-refractivity contribution >= 4 is 17.3 Å². The molecule has 1 unspecified atom stereocenters. The molecule has 2 aromatic carbocycles. The lowest BCUT2D eigenvalue weighted by Crippen LogP contribution is -2.37. The topological polar surface area (TPSA) is 35.6 Å². The normalized spacial score (nSPS) is 22.7. The molecule has 2 aromatic rings. The molecule has 0 bridgehead atoms. The van der Waals surface area contributed by atoms with E-state index in [1.54, 1.807) is 0 Å². The van der Waals surface area contributed by atoms with Crippen molar-refractivity contribution in [1.29, 1.82) is 0 Å². The Kier molecular flexibility index (Phi) is 3.57. The van der Waals surface area contributed by atoms with E-state index in [0.29, 0.717) is 0 Å². The second-order valence-corrected chi connectivity index (χ2v) is 7.10. The first kappa shape index (κ1) is 15.2. The van der Waals surface area contributed by atoms with Crippen LogP contribution in [-0.2, 0) is 16.8 Å². The summed E-state index contributed by atoms with van der Waals surface area (Å²) in [7, 11) is 4.10. The van der Waals surface area contributed by atoms with E-state index >= 15 is 0 Å². The highest BCUT2D eigenvalue weighted by Gasteiger charge is 2.50. The number of amides is 1. The third-order valence-electron chi connectivity index (χ3n) is 5.33. The number of nitrogens with zero attached hydrogens (tertiary/aromatic N) is 2. The molecule has 2 aliphatic rings. The summed E-state index contributed by atoms with van der Waals surface area (Å²) in [5, 5.41) is 3.06. The van der Waals surface area contributed by atoms with E-state index in [4.69, 9.17) is 0 Å². The highest BCUT2D eigenvalue weighted by Crippen LogP contribution is 2.44. The molecule has 1 spiro atoms. The number of likely N-dealkylation sites (tertiary alicyclic amines) is 1. The standard InChI is InChI=1S/C20H23N3O/c1-22(2)16-9-7-15(8-10-16)13-23-12-11-20(14-23)17-5-3-4-6-18(17)21-19(20)24/h3-10H,11-14H2,1-2H3,(H,21,24). The molecular weight excluding hydrogens is 298 g/mol. The van der Waals surface area contributed by atoms with Crippen LogP contribution in [0.2, 0.25) is 0 Å². The summed E-state index contributed by atoms with van der Waals surface area (Å²) in [6.45, 7) is 2.65. The molecule has 2 aliphatic heterocycles. The molecule has 4 heteroatoms. The van der Waals surface area contributed by atoms with E-state index in [2.05, 4.69) is 59.5 Å². The van der Waals surface area contributed by atoms with Crippen molar-refractivity contribution in [2.24, 2.45) is 0 Å². The van der Waals surface area contributed by atoms with Gasteiger partial charge in [0.1, 0.15) is 0 Å². The average Bonchev–Trinajstić information content (AvgIpc) is 3.12. The summed E-state index contributed by atoms with van der Waals surface area (Å²) in [6, 6.07) is 16.8. The summed E-state index contributed by atoms with van der Waals surface area (Å²) in [4.78, 5) is 17.1. The first-order chi connectivity index (χ1) is 11.6. The van der Waals surface area contributed by atoms with Crippen molar-refractivity contribution in [3.05, 3.63) is 59.7 Å². The molecule has 0 radical (unpaired) electrons. The number of hydrogen-bond donors (Lipinski definition) is 1. The summed E-state index contributed by atoms with van der Waals surface area (Å²) in [5.41, 5.74) is 4.30. The van der Waals surface area contributed by atoms with Crippen molar-refractivity contribution in [1.82, 2.24) is 4.90 Å². The molecule has 1 atom stereocenters. The van der Waals surface area contributed by atoms with Crippen molar-refractivity contribution in [2.75, 3.05) is 37.4 Å². The van der Waals surface area contributed by atoms with Crippen LogP contribution in [-0.4, -0.2) is 38.0 Å². The zero-order valence-electron chi connectivity index (χ0n) is 14.2. The van der Waals surface area contributed by atoms with Gasteiger partial charge in [0.2, 0.25) is 5.91 Å². The van der Waals surface area contributed by atoms with Crippen molar-refractivity contribution in [2.45, 2.75) is 18.4 Å².